The van der Waals surface area contributed by atoms with Crippen LogP contribution >= 0.6 is 0 Å². The summed E-state index contributed by atoms with van der Waals surface area (Å²) in [6, 6.07) is 0. The molecule has 0 saturated carbocycles. The molecule has 0 aliphatic heterocycles. The van der Waals surface area contributed by atoms with Crippen molar-refractivity contribution in [3.8, 4) is 0 Å². The van der Waals surface area contributed by atoms with Crippen LogP contribution in [-0.2, 0) is 0 Å². The largest absolute Gasteiger partial charge is 0.365 e. The average molecular weight is 429 g/mol. The Labute approximate surface area is 185 Å². The van der Waals surface area contributed by atoms with Crippen LogP contribution in [0.1, 0.15) is 130 Å². The van der Waals surface area contributed by atoms with Crippen molar-refractivity contribution in [1.29, 1.82) is 0 Å². The first-order valence-electron chi connectivity index (χ1n) is 13.2. The second-order valence-corrected chi connectivity index (χ2v) is 11.6. The van der Waals surface area contributed by atoms with Gasteiger partial charge in [-0.3, -0.25) is 0 Å². The maximum Gasteiger partial charge on any atom is 0.365 e. The molecule has 0 spiro atoms. The molecule has 0 unspecified atom stereocenters. The van der Waals surface area contributed by atoms with Crippen LogP contribution in [0.2, 0.25) is 0 Å². The zero-order chi connectivity index (χ0) is 21.5. The van der Waals surface area contributed by atoms with Crippen LogP contribution in [0.5, 0.6) is 0 Å². The Morgan fingerprint density at radius 2 is 0.586 bits per heavy atom. The summed E-state index contributed by atoms with van der Waals surface area (Å²) in [6.45, 7) is 13.7. The van der Waals surface area contributed by atoms with Crippen molar-refractivity contribution in [3.05, 3.63) is 0 Å². The molecule has 4 N–H and O–H groups in total. The minimum Gasteiger partial charge on any atom is -0.301 e. The molecule has 0 aromatic heterocycles. The number of nitrogens with one attached hydrogen (secondary N) is 4. The maximum atomic E-state index is 3.97. The molecule has 29 heavy (non-hydrogen) atoms. The summed E-state index contributed by atoms with van der Waals surface area (Å²) in [5.74, 6) is 0. The van der Waals surface area contributed by atoms with E-state index in [1.165, 1.54) is 103 Å². The van der Waals surface area contributed by atoms with Gasteiger partial charge in [-0.2, -0.15) is 0 Å². The van der Waals surface area contributed by atoms with E-state index in [1.807, 2.05) is 0 Å². The quantitative estimate of drug-likeness (QED) is 0.111. The molecule has 0 aromatic rings. The molecule has 0 atom stereocenters. The third-order valence-electron chi connectivity index (χ3n) is 5.68. The monoisotopic (exact) mass is 428 g/mol. The SMILES string of the molecule is CCCCCCN[Si](NCCCCCC)(NCCCCCC)NCCCCCC. The minimum atomic E-state index is -2.04. The van der Waals surface area contributed by atoms with E-state index in [4.69, 9.17) is 0 Å². The number of hydrogen-bond acceptors (Lipinski definition) is 4. The van der Waals surface area contributed by atoms with Crippen molar-refractivity contribution in [1.82, 2.24) is 19.9 Å². The highest BCUT2D eigenvalue weighted by Gasteiger charge is 2.32. The van der Waals surface area contributed by atoms with Gasteiger partial charge in [0.05, 0.1) is 0 Å². The summed E-state index contributed by atoms with van der Waals surface area (Å²) in [6.07, 6.45) is 21.2. The van der Waals surface area contributed by atoms with Gasteiger partial charge < -0.3 is 19.9 Å². The zero-order valence-electron chi connectivity index (χ0n) is 20.6. The minimum absolute atomic E-state index is 1.12. The lowest BCUT2D eigenvalue weighted by Gasteiger charge is -2.34. The van der Waals surface area contributed by atoms with Crippen molar-refractivity contribution in [2.45, 2.75) is 130 Å². The van der Waals surface area contributed by atoms with E-state index in [-0.39, 0.29) is 0 Å². The van der Waals surface area contributed by atoms with Gasteiger partial charge in [0.2, 0.25) is 0 Å². The summed E-state index contributed by atoms with van der Waals surface area (Å²) >= 11 is 0. The normalized spacial score (nSPS) is 12.0. The van der Waals surface area contributed by atoms with Crippen LogP contribution in [0.15, 0.2) is 0 Å². The van der Waals surface area contributed by atoms with E-state index in [2.05, 4.69) is 47.6 Å². The smallest absolute Gasteiger partial charge is 0.301 e. The lowest BCUT2D eigenvalue weighted by molar-refractivity contribution is 0.575. The molecule has 0 saturated heterocycles. The summed E-state index contributed by atoms with van der Waals surface area (Å²) in [4.78, 5) is 15.9. The molecule has 0 amide bonds. The molecule has 0 heterocycles. The fraction of sp³-hybridized carbons (Fsp3) is 1.00. The highest BCUT2D eigenvalue weighted by Crippen LogP contribution is 2.03. The van der Waals surface area contributed by atoms with Gasteiger partial charge in [-0.25, -0.2) is 0 Å². The van der Waals surface area contributed by atoms with Gasteiger partial charge in [0.1, 0.15) is 0 Å². The topological polar surface area (TPSA) is 48.1 Å². The molecule has 0 rings (SSSR count). The van der Waals surface area contributed by atoms with E-state index in [0.717, 1.165) is 26.2 Å². The van der Waals surface area contributed by atoms with Crippen LogP contribution in [0.3, 0.4) is 0 Å². The second kappa shape index (κ2) is 22.7. The highest BCUT2D eigenvalue weighted by molar-refractivity contribution is 6.70. The Morgan fingerprint density at radius 3 is 0.793 bits per heavy atom. The number of hydrogen-bond donors (Lipinski definition) is 4. The van der Waals surface area contributed by atoms with Crippen LogP contribution in [0, 0.1) is 0 Å². The van der Waals surface area contributed by atoms with Crippen molar-refractivity contribution >= 4 is 8.72 Å². The summed E-state index contributed by atoms with van der Waals surface area (Å²) in [5.41, 5.74) is 0. The van der Waals surface area contributed by atoms with E-state index < -0.39 is 8.72 Å². The van der Waals surface area contributed by atoms with Crippen LogP contribution in [-0.4, -0.2) is 34.9 Å². The van der Waals surface area contributed by atoms with Gasteiger partial charge in [0.25, 0.3) is 0 Å². The Kier molecular flexibility index (Phi) is 22.8. The predicted molar refractivity (Wildman–Crippen MR) is 134 cm³/mol. The van der Waals surface area contributed by atoms with Gasteiger partial charge >= 0.3 is 8.72 Å². The van der Waals surface area contributed by atoms with Crippen LogP contribution < -0.4 is 19.9 Å². The van der Waals surface area contributed by atoms with Crippen LogP contribution in [0.25, 0.3) is 0 Å². The molecule has 176 valence electrons. The first kappa shape index (κ1) is 29.1. The van der Waals surface area contributed by atoms with Crippen molar-refractivity contribution in [2.24, 2.45) is 0 Å². The van der Waals surface area contributed by atoms with Gasteiger partial charge in [0, 0.05) is 0 Å². The van der Waals surface area contributed by atoms with Crippen molar-refractivity contribution in [2.75, 3.05) is 26.2 Å². The fourth-order valence-corrected chi connectivity index (χ4v) is 6.64. The first-order chi connectivity index (χ1) is 14.2. The van der Waals surface area contributed by atoms with Gasteiger partial charge in [-0.05, 0) is 51.9 Å². The summed E-state index contributed by atoms with van der Waals surface area (Å²) < 4.78 is 0. The zero-order valence-corrected chi connectivity index (χ0v) is 21.6. The maximum absolute atomic E-state index is 3.97. The molecule has 0 fully saturated rings. The van der Waals surface area contributed by atoms with E-state index in [1.54, 1.807) is 0 Å². The Balaban J connectivity index is 4.69. The summed E-state index contributed by atoms with van der Waals surface area (Å²) in [5, 5.41) is 0. The standard InChI is InChI=1S/C24H56N4Si/c1-5-9-13-17-21-25-29(26-22-18-14-10-6-2,27-23-19-15-11-7-3)28-24-20-16-12-8-4/h25-28H,5-24H2,1-4H3. The third-order valence-corrected chi connectivity index (χ3v) is 8.80. The molecule has 0 bridgehead atoms. The molecular weight excluding hydrogens is 372 g/mol. The van der Waals surface area contributed by atoms with Crippen LogP contribution in [0.4, 0.5) is 0 Å². The summed E-state index contributed by atoms with van der Waals surface area (Å²) in [7, 11) is -2.04. The second-order valence-electron chi connectivity index (χ2n) is 8.70. The molecule has 0 aliphatic carbocycles. The van der Waals surface area contributed by atoms with E-state index in [0.29, 0.717) is 0 Å². The first-order valence-corrected chi connectivity index (χ1v) is 15.2. The molecule has 0 aromatic carbocycles. The number of rotatable bonds is 24. The fourth-order valence-electron chi connectivity index (χ4n) is 3.69. The lowest BCUT2D eigenvalue weighted by atomic mass is 10.2. The molecule has 0 radical (unpaired) electrons. The molecule has 4 nitrogen and oxygen atoms in total. The predicted octanol–water partition coefficient (Wildman–Crippen LogP) is 6.10. The Morgan fingerprint density at radius 1 is 0.345 bits per heavy atom. The van der Waals surface area contributed by atoms with Crippen molar-refractivity contribution < 1.29 is 0 Å². The van der Waals surface area contributed by atoms with E-state index in [9.17, 15) is 0 Å². The number of unbranched alkanes of at least 4 members (excludes halogenated alkanes) is 12. The third kappa shape index (κ3) is 18.5. The Hall–Kier alpha value is 0.0569. The molecule has 5 heteroatoms. The van der Waals surface area contributed by atoms with Gasteiger partial charge in [-0.1, -0.05) is 105 Å². The highest BCUT2D eigenvalue weighted by atomic mass is 28.4. The lowest BCUT2D eigenvalue weighted by Crippen LogP contribution is -2.81. The van der Waals surface area contributed by atoms with Crippen molar-refractivity contribution in [3.63, 3.8) is 0 Å². The molecular formula is C24H56N4Si. The molecule has 0 aliphatic rings. The van der Waals surface area contributed by atoms with Gasteiger partial charge in [0.15, 0.2) is 0 Å². The van der Waals surface area contributed by atoms with E-state index >= 15 is 0 Å². The Bertz CT molecular complexity index is 254. The van der Waals surface area contributed by atoms with Gasteiger partial charge in [-0.15, -0.1) is 0 Å². The average Bonchev–Trinajstić information content (AvgIpc) is 2.73.